The predicted octanol–water partition coefficient (Wildman–Crippen LogP) is 2.43. The minimum absolute atomic E-state index is 0.0221. The molecule has 0 spiro atoms. The van der Waals surface area contributed by atoms with Gasteiger partial charge in [-0.15, -0.1) is 0 Å². The average Bonchev–Trinajstić information content (AvgIpc) is 2.67. The van der Waals surface area contributed by atoms with Gasteiger partial charge in [0.2, 0.25) is 17.7 Å². The van der Waals surface area contributed by atoms with Gasteiger partial charge < -0.3 is 20.2 Å². The molecule has 0 aromatic rings. The number of likely N-dealkylation sites (N-methyl/N-ethyl adjacent to an activating group) is 1. The summed E-state index contributed by atoms with van der Waals surface area (Å²) in [5, 5.41) is 12.1. The Morgan fingerprint density at radius 2 is 1.71 bits per heavy atom. The number of carboxylic acids is 1. The van der Waals surface area contributed by atoms with Gasteiger partial charge >= 0.3 is 5.97 Å². The Bertz CT molecular complexity index is 723. The van der Waals surface area contributed by atoms with Crippen LogP contribution in [0, 0.1) is 11.3 Å². The van der Waals surface area contributed by atoms with E-state index in [0.29, 0.717) is 13.0 Å². The third-order valence-electron chi connectivity index (χ3n) is 5.85. The van der Waals surface area contributed by atoms with Crippen LogP contribution in [0.4, 0.5) is 0 Å². The molecule has 3 amide bonds. The fourth-order valence-electron chi connectivity index (χ4n) is 3.90. The molecule has 8 nitrogen and oxygen atoms in total. The Balaban J connectivity index is 3.16. The molecule has 0 aliphatic carbocycles. The number of likely N-dealkylation sites (tertiary alicyclic amines) is 1. The summed E-state index contributed by atoms with van der Waals surface area (Å²) in [7, 11) is 1.63. The van der Waals surface area contributed by atoms with Gasteiger partial charge in [0, 0.05) is 26.1 Å². The highest BCUT2D eigenvalue weighted by Gasteiger charge is 2.39. The van der Waals surface area contributed by atoms with Crippen molar-refractivity contribution in [3.8, 4) is 0 Å². The molecule has 0 saturated carbocycles. The number of rotatable bonds is 7. The van der Waals surface area contributed by atoms with Gasteiger partial charge in [0.1, 0.15) is 12.1 Å². The van der Waals surface area contributed by atoms with E-state index in [2.05, 4.69) is 5.32 Å². The van der Waals surface area contributed by atoms with Crippen LogP contribution in [0.15, 0.2) is 11.6 Å². The maximum Gasteiger partial charge on any atom is 0.331 e. The normalized spacial score (nSPS) is 19.6. The number of nitrogens with zero attached hydrogens (tertiary/aromatic N) is 2. The smallest absolute Gasteiger partial charge is 0.331 e. The summed E-state index contributed by atoms with van der Waals surface area (Å²) in [6.45, 7) is 12.9. The molecule has 1 rings (SSSR count). The molecule has 31 heavy (non-hydrogen) atoms. The van der Waals surface area contributed by atoms with Crippen LogP contribution in [0.1, 0.15) is 67.7 Å². The zero-order valence-corrected chi connectivity index (χ0v) is 20.2. The lowest BCUT2D eigenvalue weighted by Gasteiger charge is -2.39. The number of hydrogen-bond acceptors (Lipinski definition) is 4. The first kappa shape index (κ1) is 26.7. The Morgan fingerprint density at radius 1 is 1.13 bits per heavy atom. The lowest BCUT2D eigenvalue weighted by atomic mass is 9.84. The molecule has 176 valence electrons. The van der Waals surface area contributed by atoms with E-state index in [4.69, 9.17) is 0 Å². The topological polar surface area (TPSA) is 107 Å². The van der Waals surface area contributed by atoms with Gasteiger partial charge in [0.25, 0.3) is 0 Å². The Kier molecular flexibility index (Phi) is 9.26. The third-order valence-corrected chi connectivity index (χ3v) is 5.85. The monoisotopic (exact) mass is 437 g/mol. The Hall–Kier alpha value is -2.38. The van der Waals surface area contributed by atoms with E-state index in [0.717, 1.165) is 12.8 Å². The first-order valence-corrected chi connectivity index (χ1v) is 10.9. The highest BCUT2D eigenvalue weighted by molar-refractivity contribution is 5.92. The van der Waals surface area contributed by atoms with Gasteiger partial charge in [0.15, 0.2) is 0 Å². The Morgan fingerprint density at radius 3 is 2.16 bits per heavy atom. The Labute approximate surface area is 186 Å². The third kappa shape index (κ3) is 7.08. The first-order chi connectivity index (χ1) is 14.2. The van der Waals surface area contributed by atoms with Gasteiger partial charge in [-0.05, 0) is 37.5 Å². The second-order valence-corrected chi connectivity index (χ2v) is 9.87. The quantitative estimate of drug-likeness (QED) is 0.595. The van der Waals surface area contributed by atoms with Crippen molar-refractivity contribution in [2.24, 2.45) is 11.3 Å². The molecule has 1 aliphatic heterocycles. The molecule has 0 radical (unpaired) electrons. The molecular weight excluding hydrogens is 398 g/mol. The molecule has 1 fully saturated rings. The SMILES string of the molecule is CC(=O)N1CCCCC1C(=O)N[C@H](C(=O)N(C)[C@H](C=C(C)C(=O)O)C(C)C)C(C)(C)C. The van der Waals surface area contributed by atoms with E-state index in [-0.39, 0.29) is 29.2 Å². The molecule has 1 aliphatic rings. The van der Waals surface area contributed by atoms with E-state index < -0.39 is 29.5 Å². The minimum Gasteiger partial charge on any atom is -0.478 e. The second-order valence-electron chi connectivity index (χ2n) is 9.87. The molecule has 3 atom stereocenters. The minimum atomic E-state index is -1.03. The summed E-state index contributed by atoms with van der Waals surface area (Å²) in [6.07, 6.45) is 3.86. The number of carbonyl (C=O) groups excluding carboxylic acids is 3. The molecule has 8 heteroatoms. The zero-order valence-electron chi connectivity index (χ0n) is 20.2. The van der Waals surface area contributed by atoms with Crippen LogP contribution >= 0.6 is 0 Å². The van der Waals surface area contributed by atoms with Crippen LogP contribution in [0.5, 0.6) is 0 Å². The highest BCUT2D eigenvalue weighted by Crippen LogP contribution is 2.25. The largest absolute Gasteiger partial charge is 0.478 e. The van der Waals surface area contributed by atoms with E-state index in [1.54, 1.807) is 18.0 Å². The number of amides is 3. The summed E-state index contributed by atoms with van der Waals surface area (Å²) in [5.41, 5.74) is -0.418. The van der Waals surface area contributed by atoms with Gasteiger partial charge in [0.05, 0.1) is 6.04 Å². The van der Waals surface area contributed by atoms with Crippen molar-refractivity contribution in [2.45, 2.75) is 85.9 Å². The van der Waals surface area contributed by atoms with Crippen LogP contribution in [-0.2, 0) is 19.2 Å². The first-order valence-electron chi connectivity index (χ1n) is 10.9. The molecule has 0 aromatic carbocycles. The van der Waals surface area contributed by atoms with E-state index in [9.17, 15) is 24.3 Å². The van der Waals surface area contributed by atoms with Crippen molar-refractivity contribution >= 4 is 23.7 Å². The molecule has 0 aromatic heterocycles. The van der Waals surface area contributed by atoms with Gasteiger partial charge in [-0.1, -0.05) is 40.7 Å². The lowest BCUT2D eigenvalue weighted by Crippen LogP contribution is -2.60. The van der Waals surface area contributed by atoms with E-state index in [1.165, 1.54) is 18.7 Å². The summed E-state index contributed by atoms with van der Waals surface area (Å²) >= 11 is 0. The van der Waals surface area contributed by atoms with Crippen LogP contribution in [0.3, 0.4) is 0 Å². The van der Waals surface area contributed by atoms with E-state index in [1.807, 2.05) is 34.6 Å². The molecule has 1 heterocycles. The van der Waals surface area contributed by atoms with Crippen LogP contribution in [-0.4, -0.2) is 70.3 Å². The zero-order chi connectivity index (χ0) is 24.1. The number of hydrogen-bond donors (Lipinski definition) is 2. The molecular formula is C23H39N3O5. The van der Waals surface area contributed by atoms with Crippen LogP contribution in [0.2, 0.25) is 0 Å². The fourth-order valence-corrected chi connectivity index (χ4v) is 3.90. The number of piperidine rings is 1. The molecule has 2 N–H and O–H groups in total. The summed E-state index contributed by atoms with van der Waals surface area (Å²) < 4.78 is 0. The standard InChI is InChI=1S/C23H39N3O5/c1-14(2)18(13-15(3)22(30)31)25(8)21(29)19(23(5,6)7)24-20(28)17-11-9-10-12-26(17)16(4)27/h13-14,17-19H,9-12H2,1-8H3,(H,24,28)(H,30,31)/t17?,18-,19-/m1/s1. The molecule has 0 bridgehead atoms. The van der Waals surface area contributed by atoms with Crippen LogP contribution < -0.4 is 5.32 Å². The second kappa shape index (κ2) is 10.8. The summed E-state index contributed by atoms with van der Waals surface area (Å²) in [6, 6.07) is -1.83. The highest BCUT2D eigenvalue weighted by atomic mass is 16.4. The number of carbonyl (C=O) groups is 4. The fraction of sp³-hybridized carbons (Fsp3) is 0.739. The maximum absolute atomic E-state index is 13.5. The summed E-state index contributed by atoms with van der Waals surface area (Å²) in [4.78, 5) is 52.9. The number of carboxylic acid groups (broad SMARTS) is 1. The van der Waals surface area contributed by atoms with Crippen molar-refractivity contribution in [2.75, 3.05) is 13.6 Å². The maximum atomic E-state index is 13.5. The van der Waals surface area contributed by atoms with Crippen molar-refractivity contribution < 1.29 is 24.3 Å². The number of nitrogens with one attached hydrogen (secondary N) is 1. The summed E-state index contributed by atoms with van der Waals surface area (Å²) in [5.74, 6) is -1.82. The van der Waals surface area contributed by atoms with Gasteiger partial charge in [-0.2, -0.15) is 0 Å². The predicted molar refractivity (Wildman–Crippen MR) is 119 cm³/mol. The van der Waals surface area contributed by atoms with Gasteiger partial charge in [-0.25, -0.2) is 4.79 Å². The van der Waals surface area contributed by atoms with Crippen molar-refractivity contribution in [1.29, 1.82) is 0 Å². The molecule has 1 saturated heterocycles. The van der Waals surface area contributed by atoms with Crippen LogP contribution in [0.25, 0.3) is 0 Å². The number of aliphatic carboxylic acids is 1. The van der Waals surface area contributed by atoms with Gasteiger partial charge in [-0.3, -0.25) is 14.4 Å². The van der Waals surface area contributed by atoms with Crippen molar-refractivity contribution in [3.63, 3.8) is 0 Å². The molecule has 1 unspecified atom stereocenters. The lowest BCUT2D eigenvalue weighted by molar-refractivity contribution is -0.145. The average molecular weight is 438 g/mol. The van der Waals surface area contributed by atoms with Crippen molar-refractivity contribution in [1.82, 2.24) is 15.1 Å². The van der Waals surface area contributed by atoms with Crippen molar-refractivity contribution in [3.05, 3.63) is 11.6 Å². The van der Waals surface area contributed by atoms with E-state index >= 15 is 0 Å².